The molecule has 2 heterocycles. The van der Waals surface area contributed by atoms with E-state index in [0.717, 1.165) is 28.8 Å². The Kier molecular flexibility index (Phi) is 7.01. The van der Waals surface area contributed by atoms with E-state index in [4.69, 9.17) is 5.73 Å². The van der Waals surface area contributed by atoms with E-state index < -0.39 is 47.2 Å². The summed E-state index contributed by atoms with van der Waals surface area (Å²) in [6, 6.07) is 6.72. The van der Waals surface area contributed by atoms with Crippen LogP contribution < -0.4 is 16.0 Å². The summed E-state index contributed by atoms with van der Waals surface area (Å²) in [7, 11) is 0. The van der Waals surface area contributed by atoms with Gasteiger partial charge in [-0.2, -0.15) is 0 Å². The number of pyridine rings is 2. The Balaban J connectivity index is 2.36. The van der Waals surface area contributed by atoms with Gasteiger partial charge < -0.3 is 20.1 Å². The second-order valence-corrected chi connectivity index (χ2v) is 7.34. The van der Waals surface area contributed by atoms with Gasteiger partial charge in [0.05, 0.1) is 29.8 Å². The van der Waals surface area contributed by atoms with Gasteiger partial charge in [0.25, 0.3) is 11.5 Å². The van der Waals surface area contributed by atoms with Gasteiger partial charge in [-0.15, -0.1) is 13.2 Å². The molecule has 0 aliphatic carbocycles. The Bertz CT molecular complexity index is 1270. The third-order valence-electron chi connectivity index (χ3n) is 4.79. The molecule has 3 aromatic rings. The van der Waals surface area contributed by atoms with Crippen LogP contribution in [0.3, 0.4) is 0 Å². The molecule has 0 spiro atoms. The number of primary amides is 1. The molecule has 2 aromatic heterocycles. The summed E-state index contributed by atoms with van der Waals surface area (Å²) in [5.74, 6) is -5.96. The second-order valence-electron chi connectivity index (χ2n) is 7.34. The van der Waals surface area contributed by atoms with Gasteiger partial charge in [-0.3, -0.25) is 14.6 Å². The minimum atomic E-state index is -5.16. The van der Waals surface area contributed by atoms with E-state index in [1.54, 1.807) is 0 Å². The number of hydrogen-bond donors (Lipinski definition) is 2. The molecule has 0 unspecified atom stereocenters. The molecule has 0 aliphatic rings. The molecule has 3 N–H and O–H groups in total. The molecule has 3 rings (SSSR count). The van der Waals surface area contributed by atoms with Crippen LogP contribution in [0.2, 0.25) is 0 Å². The predicted molar refractivity (Wildman–Crippen MR) is 109 cm³/mol. The van der Waals surface area contributed by atoms with Crippen LogP contribution in [0.1, 0.15) is 40.2 Å². The van der Waals surface area contributed by atoms with E-state index in [1.165, 1.54) is 19.2 Å². The Hall–Kier alpha value is -3.80. The molecule has 7 nitrogen and oxygen atoms in total. The number of rotatable bonds is 7. The number of aliphatic hydroxyl groups is 1. The summed E-state index contributed by atoms with van der Waals surface area (Å²) in [4.78, 5) is 28.8. The van der Waals surface area contributed by atoms with Gasteiger partial charge in [0.1, 0.15) is 5.82 Å². The third-order valence-corrected chi connectivity index (χ3v) is 4.79. The zero-order valence-corrected chi connectivity index (χ0v) is 17.5. The third kappa shape index (κ3) is 5.39. The van der Waals surface area contributed by atoms with Crippen LogP contribution in [0.15, 0.2) is 53.5 Å². The van der Waals surface area contributed by atoms with Crippen molar-refractivity contribution in [2.75, 3.05) is 0 Å². The van der Waals surface area contributed by atoms with Gasteiger partial charge in [-0.25, -0.2) is 8.78 Å². The van der Waals surface area contributed by atoms with Crippen molar-refractivity contribution in [2.24, 2.45) is 5.73 Å². The van der Waals surface area contributed by atoms with Crippen LogP contribution in [0.4, 0.5) is 22.0 Å². The Morgan fingerprint density at radius 1 is 1.18 bits per heavy atom. The smallest absolute Gasteiger partial charge is 0.403 e. The molecule has 34 heavy (non-hydrogen) atoms. The van der Waals surface area contributed by atoms with Gasteiger partial charge in [0.15, 0.2) is 11.6 Å². The molecule has 1 aromatic carbocycles. The normalized spacial score (nSPS) is 13.4. The van der Waals surface area contributed by atoms with Crippen molar-refractivity contribution in [2.45, 2.75) is 31.9 Å². The molecule has 0 saturated heterocycles. The number of hydrogen-bond acceptors (Lipinski definition) is 5. The highest BCUT2D eigenvalue weighted by Crippen LogP contribution is 2.36. The molecule has 0 aliphatic heterocycles. The fourth-order valence-electron chi connectivity index (χ4n) is 3.53. The monoisotopic (exact) mass is 483 g/mol. The van der Waals surface area contributed by atoms with Crippen LogP contribution in [0.5, 0.6) is 5.75 Å². The summed E-state index contributed by atoms with van der Waals surface area (Å²) in [5.41, 5.74) is 3.78. The average molecular weight is 483 g/mol. The van der Waals surface area contributed by atoms with Crippen molar-refractivity contribution in [3.63, 3.8) is 0 Å². The van der Waals surface area contributed by atoms with Crippen molar-refractivity contribution in [1.29, 1.82) is 0 Å². The molecule has 0 saturated carbocycles. The summed E-state index contributed by atoms with van der Waals surface area (Å²) in [5, 5.41) is 9.90. The fourth-order valence-corrected chi connectivity index (χ4v) is 3.53. The minimum Gasteiger partial charge on any atom is -0.403 e. The maximum Gasteiger partial charge on any atom is 0.573 e. The standard InChI is InChI=1S/C22H18F5N3O4/c1-11(31)10-30-17(32)7-5-13(21(28)33)20(30)18(19-14(23)3-2-8-29-19)12-4-6-16(15(24)9-12)34-22(25,26)27/h2-9,11,18,31H,10H2,1H3,(H2,28,33)/t11-,18-/m1/s1. The number of halogens is 5. The van der Waals surface area contributed by atoms with Crippen molar-refractivity contribution < 1.29 is 36.6 Å². The van der Waals surface area contributed by atoms with Crippen molar-refractivity contribution in [3.8, 4) is 5.75 Å². The summed E-state index contributed by atoms with van der Waals surface area (Å²) >= 11 is 0. The Morgan fingerprint density at radius 3 is 2.44 bits per heavy atom. The van der Waals surface area contributed by atoms with Gasteiger partial charge in [-0.05, 0) is 42.8 Å². The highest BCUT2D eigenvalue weighted by Gasteiger charge is 2.34. The Morgan fingerprint density at radius 2 is 1.88 bits per heavy atom. The number of aromatic nitrogens is 2. The van der Waals surface area contributed by atoms with E-state index >= 15 is 0 Å². The maximum absolute atomic E-state index is 14.9. The number of aliphatic hydroxyl groups excluding tert-OH is 1. The number of amides is 1. The average Bonchev–Trinajstić information content (AvgIpc) is 2.72. The quantitative estimate of drug-likeness (QED) is 0.503. The van der Waals surface area contributed by atoms with Crippen molar-refractivity contribution >= 4 is 5.91 Å². The molecule has 0 fully saturated rings. The van der Waals surface area contributed by atoms with Gasteiger partial charge in [0.2, 0.25) is 0 Å². The minimum absolute atomic E-state index is 0.155. The predicted octanol–water partition coefficient (Wildman–Crippen LogP) is 3.08. The van der Waals surface area contributed by atoms with Crippen LogP contribution in [0, 0.1) is 11.6 Å². The van der Waals surface area contributed by atoms with E-state index in [0.29, 0.717) is 12.1 Å². The number of ether oxygens (including phenoxy) is 1. The maximum atomic E-state index is 14.9. The fraction of sp³-hybridized carbons (Fsp3) is 0.227. The number of nitrogens with two attached hydrogens (primary N) is 1. The molecule has 0 radical (unpaired) electrons. The van der Waals surface area contributed by atoms with Gasteiger partial charge in [-0.1, -0.05) is 6.07 Å². The topological polar surface area (TPSA) is 107 Å². The summed E-state index contributed by atoms with van der Waals surface area (Å²) in [6.07, 6.45) is -5.06. The lowest BCUT2D eigenvalue weighted by atomic mass is 9.87. The van der Waals surface area contributed by atoms with Crippen LogP contribution >= 0.6 is 0 Å². The number of benzene rings is 1. The number of carbonyl (C=O) groups excluding carboxylic acids is 1. The van der Waals surface area contributed by atoms with Gasteiger partial charge >= 0.3 is 6.36 Å². The lowest BCUT2D eigenvalue weighted by Crippen LogP contribution is -2.33. The van der Waals surface area contributed by atoms with E-state index in [1.807, 2.05) is 0 Å². The van der Waals surface area contributed by atoms with E-state index in [9.17, 15) is 36.6 Å². The first-order valence-corrected chi connectivity index (χ1v) is 9.76. The highest BCUT2D eigenvalue weighted by atomic mass is 19.4. The van der Waals surface area contributed by atoms with Crippen LogP contribution in [0.25, 0.3) is 0 Å². The SMILES string of the molecule is C[C@@H](O)Cn1c([C@H](c2ccc(OC(F)(F)F)c(F)c2)c2ncccc2F)c(C(N)=O)ccc1=O. The summed E-state index contributed by atoms with van der Waals surface area (Å²) in [6.45, 7) is 1.00. The molecule has 2 atom stereocenters. The highest BCUT2D eigenvalue weighted by molar-refractivity contribution is 5.94. The lowest BCUT2D eigenvalue weighted by molar-refractivity contribution is -0.275. The molecule has 1 amide bonds. The lowest BCUT2D eigenvalue weighted by Gasteiger charge is -2.25. The number of alkyl halides is 3. The molecule has 180 valence electrons. The van der Waals surface area contributed by atoms with E-state index in [2.05, 4.69) is 9.72 Å². The summed E-state index contributed by atoms with van der Waals surface area (Å²) < 4.78 is 71.7. The molecular weight excluding hydrogens is 465 g/mol. The second kappa shape index (κ2) is 9.59. The van der Waals surface area contributed by atoms with Crippen molar-refractivity contribution in [3.05, 3.63) is 93.2 Å². The van der Waals surface area contributed by atoms with Crippen LogP contribution in [-0.4, -0.2) is 33.0 Å². The molecule has 12 heteroatoms. The largest absolute Gasteiger partial charge is 0.573 e. The molecular formula is C22H18F5N3O4. The number of carbonyl (C=O) groups is 1. The number of nitrogens with zero attached hydrogens (tertiary/aromatic N) is 2. The first-order valence-electron chi connectivity index (χ1n) is 9.76. The van der Waals surface area contributed by atoms with Crippen molar-refractivity contribution in [1.82, 2.24) is 9.55 Å². The first-order chi connectivity index (χ1) is 15.9. The first kappa shape index (κ1) is 24.8. The zero-order chi connectivity index (χ0) is 25.2. The van der Waals surface area contributed by atoms with Crippen LogP contribution in [-0.2, 0) is 6.54 Å². The van der Waals surface area contributed by atoms with Gasteiger partial charge in [0, 0.05) is 18.0 Å². The van der Waals surface area contributed by atoms with E-state index in [-0.39, 0.29) is 29.1 Å². The molecule has 0 bridgehead atoms. The zero-order valence-electron chi connectivity index (χ0n) is 17.5. The Labute approximate surface area is 189 Å².